The zero-order chi connectivity index (χ0) is 15.3. The molecule has 1 saturated carbocycles. The third-order valence-corrected chi connectivity index (χ3v) is 4.73. The van der Waals surface area contributed by atoms with Crippen molar-refractivity contribution in [1.82, 2.24) is 5.32 Å². The van der Waals surface area contributed by atoms with Crippen molar-refractivity contribution in [2.75, 3.05) is 6.61 Å². The Kier molecular flexibility index (Phi) is 5.82. The molecular formula is C17H24BrNO2. The van der Waals surface area contributed by atoms with Gasteiger partial charge in [0, 0.05) is 10.5 Å². The summed E-state index contributed by atoms with van der Waals surface area (Å²) in [7, 11) is 0. The number of ether oxygens (including phenoxy) is 1. The number of carbonyl (C=O) groups excluding carboxylic acids is 1. The number of esters is 1. The summed E-state index contributed by atoms with van der Waals surface area (Å²) in [6.45, 7) is 4.18. The molecule has 3 nitrogen and oxygen atoms in total. The van der Waals surface area contributed by atoms with Crippen LogP contribution in [-0.2, 0) is 15.1 Å². The first-order valence-electron chi connectivity index (χ1n) is 7.77. The van der Waals surface area contributed by atoms with Crippen LogP contribution in [0.3, 0.4) is 0 Å². The first-order valence-corrected chi connectivity index (χ1v) is 8.56. The Morgan fingerprint density at radius 3 is 2.48 bits per heavy atom. The summed E-state index contributed by atoms with van der Waals surface area (Å²) >= 11 is 3.44. The molecule has 1 aromatic carbocycles. The molecule has 21 heavy (non-hydrogen) atoms. The maximum absolute atomic E-state index is 12.5. The Morgan fingerprint density at radius 1 is 1.29 bits per heavy atom. The predicted octanol–water partition coefficient (Wildman–Crippen LogP) is 4.15. The molecule has 0 saturated heterocycles. The van der Waals surface area contributed by atoms with E-state index < -0.39 is 5.54 Å². The van der Waals surface area contributed by atoms with Crippen LogP contribution >= 0.6 is 15.9 Å². The molecule has 1 unspecified atom stereocenters. The molecule has 4 heteroatoms. The Balaban J connectivity index is 2.24. The molecule has 1 aliphatic rings. The van der Waals surface area contributed by atoms with E-state index in [1.54, 1.807) is 0 Å². The molecule has 1 N–H and O–H groups in total. The number of benzene rings is 1. The highest BCUT2D eigenvalue weighted by molar-refractivity contribution is 9.10. The van der Waals surface area contributed by atoms with Crippen molar-refractivity contribution >= 4 is 21.9 Å². The number of hydrogen-bond acceptors (Lipinski definition) is 3. The number of hydrogen-bond donors (Lipinski definition) is 1. The number of halogens is 1. The summed E-state index contributed by atoms with van der Waals surface area (Å²) in [5.74, 6) is -0.196. The quantitative estimate of drug-likeness (QED) is 0.808. The van der Waals surface area contributed by atoms with Gasteiger partial charge in [-0.3, -0.25) is 5.32 Å². The average molecular weight is 354 g/mol. The van der Waals surface area contributed by atoms with Gasteiger partial charge in [0.1, 0.15) is 5.54 Å². The first kappa shape index (κ1) is 16.5. The normalized spacial score (nSPS) is 19.0. The van der Waals surface area contributed by atoms with Gasteiger partial charge in [-0.05, 0) is 44.4 Å². The SMILES string of the molecule is CCOC(=O)C(C)(NC1CCCCC1)c1ccc(Br)cc1. The van der Waals surface area contributed by atoms with Crippen LogP contribution in [0.15, 0.2) is 28.7 Å². The van der Waals surface area contributed by atoms with Gasteiger partial charge in [0.05, 0.1) is 6.61 Å². The smallest absolute Gasteiger partial charge is 0.330 e. The van der Waals surface area contributed by atoms with Crippen LogP contribution in [0.2, 0.25) is 0 Å². The van der Waals surface area contributed by atoms with Crippen molar-refractivity contribution in [3.63, 3.8) is 0 Å². The van der Waals surface area contributed by atoms with E-state index >= 15 is 0 Å². The summed E-state index contributed by atoms with van der Waals surface area (Å²) in [6, 6.07) is 8.29. The lowest BCUT2D eigenvalue weighted by atomic mass is 9.87. The molecule has 0 aliphatic heterocycles. The van der Waals surface area contributed by atoms with Crippen LogP contribution in [0, 0.1) is 0 Å². The van der Waals surface area contributed by atoms with E-state index in [0.717, 1.165) is 22.9 Å². The number of rotatable bonds is 5. The van der Waals surface area contributed by atoms with E-state index in [2.05, 4.69) is 21.2 Å². The Bertz CT molecular complexity index is 468. The van der Waals surface area contributed by atoms with E-state index in [-0.39, 0.29) is 5.97 Å². The summed E-state index contributed by atoms with van der Waals surface area (Å²) in [6.07, 6.45) is 6.03. The second-order valence-electron chi connectivity index (χ2n) is 5.83. The fourth-order valence-electron chi connectivity index (χ4n) is 2.97. The fraction of sp³-hybridized carbons (Fsp3) is 0.588. The highest BCUT2D eigenvalue weighted by atomic mass is 79.9. The molecule has 1 aromatic rings. The lowest BCUT2D eigenvalue weighted by molar-refractivity contribution is -0.151. The van der Waals surface area contributed by atoms with E-state index in [4.69, 9.17) is 4.74 Å². The Labute approximate surface area is 135 Å². The molecule has 116 valence electrons. The second-order valence-corrected chi connectivity index (χ2v) is 6.75. The van der Waals surface area contributed by atoms with Crippen molar-refractivity contribution in [3.8, 4) is 0 Å². The lowest BCUT2D eigenvalue weighted by Crippen LogP contribution is -2.52. The van der Waals surface area contributed by atoms with Gasteiger partial charge < -0.3 is 4.74 Å². The lowest BCUT2D eigenvalue weighted by Gasteiger charge is -2.35. The minimum absolute atomic E-state index is 0.196. The van der Waals surface area contributed by atoms with Gasteiger partial charge in [-0.25, -0.2) is 4.79 Å². The molecule has 0 amide bonds. The second kappa shape index (κ2) is 7.41. The first-order chi connectivity index (χ1) is 10.1. The molecule has 0 aromatic heterocycles. The highest BCUT2D eigenvalue weighted by Crippen LogP contribution is 2.28. The molecule has 0 radical (unpaired) electrons. The zero-order valence-corrected chi connectivity index (χ0v) is 14.4. The minimum atomic E-state index is -0.779. The topological polar surface area (TPSA) is 38.3 Å². The molecule has 0 bridgehead atoms. The standard InChI is InChI=1S/C17H24BrNO2/c1-3-21-16(20)17(2,13-9-11-14(18)12-10-13)19-15-7-5-4-6-8-15/h9-12,15,19H,3-8H2,1-2H3. The average Bonchev–Trinajstić information content (AvgIpc) is 2.49. The molecule has 0 heterocycles. The summed E-state index contributed by atoms with van der Waals surface area (Å²) in [4.78, 5) is 12.5. The maximum Gasteiger partial charge on any atom is 0.330 e. The van der Waals surface area contributed by atoms with Crippen molar-refractivity contribution in [2.24, 2.45) is 0 Å². The van der Waals surface area contributed by atoms with Crippen LogP contribution < -0.4 is 5.32 Å². The van der Waals surface area contributed by atoms with Crippen LogP contribution in [0.5, 0.6) is 0 Å². The van der Waals surface area contributed by atoms with E-state index in [0.29, 0.717) is 12.6 Å². The van der Waals surface area contributed by atoms with Crippen LogP contribution in [-0.4, -0.2) is 18.6 Å². The van der Waals surface area contributed by atoms with Crippen molar-refractivity contribution in [3.05, 3.63) is 34.3 Å². The Hall–Kier alpha value is -0.870. The van der Waals surface area contributed by atoms with Crippen LogP contribution in [0.25, 0.3) is 0 Å². The highest BCUT2D eigenvalue weighted by Gasteiger charge is 2.38. The van der Waals surface area contributed by atoms with Crippen LogP contribution in [0.1, 0.15) is 51.5 Å². The molecule has 2 rings (SSSR count). The summed E-state index contributed by atoms with van der Waals surface area (Å²) < 4.78 is 6.33. The summed E-state index contributed by atoms with van der Waals surface area (Å²) in [5.41, 5.74) is 0.174. The molecular weight excluding hydrogens is 330 g/mol. The van der Waals surface area contributed by atoms with Crippen LogP contribution in [0.4, 0.5) is 0 Å². The van der Waals surface area contributed by atoms with E-state index in [1.165, 1.54) is 19.3 Å². The molecule has 1 fully saturated rings. The van der Waals surface area contributed by atoms with E-state index in [9.17, 15) is 4.79 Å². The number of carbonyl (C=O) groups is 1. The zero-order valence-electron chi connectivity index (χ0n) is 12.8. The Morgan fingerprint density at radius 2 is 1.90 bits per heavy atom. The van der Waals surface area contributed by atoms with Gasteiger partial charge >= 0.3 is 5.97 Å². The van der Waals surface area contributed by atoms with Crippen molar-refractivity contribution in [1.29, 1.82) is 0 Å². The maximum atomic E-state index is 12.5. The third-order valence-electron chi connectivity index (χ3n) is 4.20. The van der Waals surface area contributed by atoms with Crippen molar-refractivity contribution in [2.45, 2.75) is 57.5 Å². The van der Waals surface area contributed by atoms with Gasteiger partial charge in [0.2, 0.25) is 0 Å². The van der Waals surface area contributed by atoms with Gasteiger partial charge in [-0.15, -0.1) is 0 Å². The third kappa shape index (κ3) is 4.07. The molecule has 0 spiro atoms. The monoisotopic (exact) mass is 353 g/mol. The predicted molar refractivity (Wildman–Crippen MR) is 88.1 cm³/mol. The minimum Gasteiger partial charge on any atom is -0.464 e. The van der Waals surface area contributed by atoms with Gasteiger partial charge in [-0.1, -0.05) is 47.3 Å². The fourth-order valence-corrected chi connectivity index (χ4v) is 3.24. The number of nitrogens with one attached hydrogen (secondary N) is 1. The van der Waals surface area contributed by atoms with Gasteiger partial charge in [-0.2, -0.15) is 0 Å². The van der Waals surface area contributed by atoms with Gasteiger partial charge in [0.25, 0.3) is 0 Å². The molecule has 1 aliphatic carbocycles. The molecule has 1 atom stereocenters. The van der Waals surface area contributed by atoms with E-state index in [1.807, 2.05) is 38.1 Å². The van der Waals surface area contributed by atoms with Gasteiger partial charge in [0.15, 0.2) is 0 Å². The largest absolute Gasteiger partial charge is 0.464 e. The summed E-state index contributed by atoms with van der Waals surface area (Å²) in [5, 5.41) is 3.56. The van der Waals surface area contributed by atoms with Crippen molar-refractivity contribution < 1.29 is 9.53 Å².